The summed E-state index contributed by atoms with van der Waals surface area (Å²) >= 11 is 0. The van der Waals surface area contributed by atoms with E-state index in [1.54, 1.807) is 107 Å². The van der Waals surface area contributed by atoms with Crippen LogP contribution in [0.15, 0.2) is 24.3 Å². The second-order valence-electron chi connectivity index (χ2n) is 22.4. The summed E-state index contributed by atoms with van der Waals surface area (Å²) in [5, 5.41) is 3.05. The molecule has 0 radical (unpaired) electrons. The molecule has 1 aromatic rings. The first-order valence-electron chi connectivity index (χ1n) is 28.1. The van der Waals surface area contributed by atoms with Crippen LogP contribution in [0.3, 0.4) is 0 Å². The molecule has 1 aliphatic heterocycles. The molecule has 20 nitrogen and oxygen atoms in total. The van der Waals surface area contributed by atoms with Crippen LogP contribution >= 0.6 is 0 Å². The lowest BCUT2D eigenvalue weighted by Crippen LogP contribution is -2.63. The first-order valence-corrected chi connectivity index (χ1v) is 59.4. The Balaban J connectivity index is 0.00000135. The van der Waals surface area contributed by atoms with Gasteiger partial charge in [0.2, 0.25) is 0 Å². The molecule has 0 amide bonds. The van der Waals surface area contributed by atoms with Gasteiger partial charge in [-0.15, -0.1) is 0 Å². The minimum Gasteiger partial charge on any atom is -0.458 e. The standard InChI is InChI=1S/C22H58O13Si7.C15H30O3Si3.C10H28O4Si3/c1-23-40(24-2,25-3)20-14-17-37(11)32-36(10)33-38(12,18-15-21-41(26-4,27-5)28-6)35-39(13,34-37)19-16-22-42(29-7,30-8)31-9;1-16-21(17-2,18-3)13-12-20(6,7)15-10-8-14(9-11-15)19(4)5;1-11-17(12-2,13-3)10-8-9-16(6,7)14-15(4)5/h36H,14-22H2,1-13H3;8-11,19H,12-13H2,1-7H3;15H,8-10H2,1-7H3. The van der Waals surface area contributed by atoms with Crippen molar-refractivity contribution in [3.63, 3.8) is 0 Å². The molecule has 0 spiro atoms. The number of benzene rings is 1. The van der Waals surface area contributed by atoms with Crippen LogP contribution in [0.4, 0.5) is 0 Å². The Labute approximate surface area is 502 Å². The predicted molar refractivity (Wildman–Crippen MR) is 352 cm³/mol. The van der Waals surface area contributed by atoms with Crippen molar-refractivity contribution < 1.29 is 87.0 Å². The molecule has 33 heteroatoms. The third-order valence-electron chi connectivity index (χ3n) is 14.9. The summed E-state index contributed by atoms with van der Waals surface area (Å²) in [5.74, 6) is 0. The van der Waals surface area contributed by atoms with Gasteiger partial charge in [-0.1, -0.05) is 60.8 Å². The van der Waals surface area contributed by atoms with E-state index < -0.39 is 113 Å². The molecule has 0 N–H and O–H groups in total. The number of rotatable bonds is 38. The molecule has 1 fully saturated rings. The summed E-state index contributed by atoms with van der Waals surface area (Å²) in [7, 11) is -3.12. The van der Waals surface area contributed by atoms with Gasteiger partial charge in [-0.2, -0.15) is 0 Å². The Hall–Kier alpha value is 1.24. The summed E-state index contributed by atoms with van der Waals surface area (Å²) < 4.78 is 118. The molecule has 1 heterocycles. The molecule has 0 saturated carbocycles. The van der Waals surface area contributed by atoms with Crippen LogP contribution in [0.1, 0.15) is 25.7 Å². The smallest absolute Gasteiger partial charge is 0.458 e. The molecule has 2 unspecified atom stereocenters. The minimum absolute atomic E-state index is 0.655. The Morgan fingerprint density at radius 2 is 0.688 bits per heavy atom. The highest BCUT2D eigenvalue weighted by atomic mass is 28.5. The molecule has 0 aromatic heterocycles. The first-order chi connectivity index (χ1) is 37.3. The maximum atomic E-state index is 7.12. The van der Waals surface area contributed by atoms with Crippen molar-refractivity contribution in [1.29, 1.82) is 0 Å². The van der Waals surface area contributed by atoms with Crippen LogP contribution < -0.4 is 10.4 Å². The van der Waals surface area contributed by atoms with E-state index in [2.05, 4.69) is 103 Å². The van der Waals surface area contributed by atoms with Crippen molar-refractivity contribution in [3.8, 4) is 0 Å². The second kappa shape index (κ2) is 38.6. The highest BCUT2D eigenvalue weighted by Crippen LogP contribution is 2.37. The quantitative estimate of drug-likeness (QED) is 0.0573. The zero-order valence-electron chi connectivity index (χ0n) is 55.1. The lowest BCUT2D eigenvalue weighted by Gasteiger charge is -2.47. The molecule has 1 saturated heterocycles. The highest BCUT2D eigenvalue weighted by Gasteiger charge is 2.53. The third-order valence-corrected chi connectivity index (χ3v) is 57.9. The SMILES string of the molecule is CO[Si](CCC[Si](C)(C)O[SiH](C)C)(OC)OC.CO[Si](CCC[Si]1(C)O[SiH](C)O[Si](C)(CCC[Si](OC)(OC)OC)O[Si](C)(CCC[Si](OC)(OC)OC)O1)(OC)OC.CO[Si](CC[Si](C)(C)c1ccc([SiH](C)C)cc1)(OC)OC. The van der Waals surface area contributed by atoms with Gasteiger partial charge in [0, 0.05) is 137 Å². The third kappa shape index (κ3) is 27.7. The maximum absolute atomic E-state index is 7.12. The van der Waals surface area contributed by atoms with E-state index in [0.29, 0.717) is 18.1 Å². The van der Waals surface area contributed by atoms with E-state index in [1.807, 2.05) is 0 Å². The summed E-state index contributed by atoms with van der Waals surface area (Å²) in [6, 6.07) is 17.6. The summed E-state index contributed by atoms with van der Waals surface area (Å²) in [4.78, 5) is 0. The topological polar surface area (TPSA) is 185 Å². The molecule has 476 valence electrons. The average molecular weight is 1370 g/mol. The van der Waals surface area contributed by atoms with E-state index in [-0.39, 0.29) is 0 Å². The molecule has 0 bridgehead atoms. The van der Waals surface area contributed by atoms with Gasteiger partial charge in [0.25, 0.3) is 0 Å². The first kappa shape index (κ1) is 81.2. The Bertz CT molecular complexity index is 1680. The van der Waals surface area contributed by atoms with Crippen molar-refractivity contribution in [2.45, 2.75) is 165 Å². The molecule has 2 rings (SSSR count). The van der Waals surface area contributed by atoms with Gasteiger partial charge in [-0.05, 0) is 108 Å². The van der Waals surface area contributed by atoms with Crippen LogP contribution in [0, 0.1) is 0 Å². The van der Waals surface area contributed by atoms with Crippen molar-refractivity contribution in [3.05, 3.63) is 24.3 Å². The Kier molecular flexibility index (Phi) is 39.2. The van der Waals surface area contributed by atoms with Crippen LogP contribution in [0.2, 0.25) is 139 Å². The van der Waals surface area contributed by atoms with Crippen LogP contribution in [0.5, 0.6) is 0 Å². The summed E-state index contributed by atoms with van der Waals surface area (Å²) in [6.45, 7) is 27.1. The van der Waals surface area contributed by atoms with Gasteiger partial charge in [-0.3, -0.25) is 0 Å². The number of hydrogen-bond acceptors (Lipinski definition) is 20. The van der Waals surface area contributed by atoms with Gasteiger partial charge in [0.15, 0.2) is 17.4 Å². The Morgan fingerprint density at radius 3 is 0.975 bits per heavy atom. The van der Waals surface area contributed by atoms with Gasteiger partial charge >= 0.3 is 79.0 Å². The van der Waals surface area contributed by atoms with Crippen molar-refractivity contribution in [2.24, 2.45) is 0 Å². The average Bonchev–Trinajstić information content (AvgIpc) is 3.42. The zero-order chi connectivity index (χ0) is 61.8. The summed E-state index contributed by atoms with van der Waals surface area (Å²) in [5.41, 5.74) is 0. The maximum Gasteiger partial charge on any atom is 0.500 e. The monoisotopic (exact) mass is 1360 g/mol. The molecule has 1 aliphatic rings. The predicted octanol–water partition coefficient (Wildman–Crippen LogP) is 8.57. The molecule has 0 aliphatic carbocycles. The fraction of sp³-hybridized carbons (Fsp3) is 0.872. The lowest BCUT2D eigenvalue weighted by atomic mass is 10.4. The van der Waals surface area contributed by atoms with Crippen LogP contribution in [-0.4, -0.2) is 220 Å². The molecular formula is C47H116O20Si13. The summed E-state index contributed by atoms with van der Waals surface area (Å²) in [6.07, 6.45) is 3.40. The molecular weight excluding hydrogens is 1250 g/mol. The lowest BCUT2D eigenvalue weighted by molar-refractivity contribution is 0.122. The minimum atomic E-state index is -2.81. The zero-order valence-corrected chi connectivity index (χ0v) is 68.6. The van der Waals surface area contributed by atoms with E-state index in [9.17, 15) is 0 Å². The van der Waals surface area contributed by atoms with Crippen molar-refractivity contribution >= 4 is 124 Å². The van der Waals surface area contributed by atoms with E-state index in [1.165, 1.54) is 10.4 Å². The largest absolute Gasteiger partial charge is 0.500 e. The molecule has 1 aromatic carbocycles. The highest BCUT2D eigenvalue weighted by molar-refractivity contribution is 6.91. The Morgan fingerprint density at radius 1 is 0.400 bits per heavy atom. The van der Waals surface area contributed by atoms with Crippen LogP contribution in [0.25, 0.3) is 0 Å². The van der Waals surface area contributed by atoms with Gasteiger partial charge in [0.1, 0.15) is 0 Å². The van der Waals surface area contributed by atoms with E-state index in [4.69, 9.17) is 87.0 Å². The molecule has 2 atom stereocenters. The van der Waals surface area contributed by atoms with Crippen LogP contribution in [-0.2, 0) is 87.0 Å². The fourth-order valence-electron chi connectivity index (χ4n) is 10.0. The number of hydrogen-bond donors (Lipinski definition) is 0. The van der Waals surface area contributed by atoms with Gasteiger partial charge < -0.3 is 87.0 Å². The fourth-order valence-corrected chi connectivity index (χ4v) is 52.5. The van der Waals surface area contributed by atoms with E-state index >= 15 is 0 Å². The van der Waals surface area contributed by atoms with Gasteiger partial charge in [-0.25, -0.2) is 0 Å². The van der Waals surface area contributed by atoms with Crippen molar-refractivity contribution in [2.75, 3.05) is 107 Å². The van der Waals surface area contributed by atoms with E-state index in [0.717, 1.165) is 68.0 Å². The second-order valence-corrected chi connectivity index (χ2v) is 65.7. The van der Waals surface area contributed by atoms with Gasteiger partial charge in [0.05, 0.1) is 16.9 Å². The molecule has 80 heavy (non-hydrogen) atoms. The van der Waals surface area contributed by atoms with Crippen molar-refractivity contribution in [1.82, 2.24) is 0 Å². The normalized spacial score (nSPS) is 21.0.